The van der Waals surface area contributed by atoms with Crippen molar-refractivity contribution in [1.29, 1.82) is 0 Å². The Morgan fingerprint density at radius 3 is 2.33 bits per heavy atom. The third-order valence-corrected chi connectivity index (χ3v) is 7.67. The summed E-state index contributed by atoms with van der Waals surface area (Å²) in [5.74, 6) is 0.419. The third kappa shape index (κ3) is 6.99. The van der Waals surface area contributed by atoms with Crippen molar-refractivity contribution < 1.29 is 17.9 Å². The Labute approximate surface area is 203 Å². The van der Waals surface area contributed by atoms with Gasteiger partial charge < -0.3 is 9.64 Å². The monoisotopic (exact) mass is 510 g/mol. The van der Waals surface area contributed by atoms with Crippen LogP contribution in [0.4, 0.5) is 5.95 Å². The Morgan fingerprint density at radius 1 is 1.18 bits per heavy atom. The fourth-order valence-corrected chi connectivity index (χ4v) is 5.54. The zero-order valence-corrected chi connectivity index (χ0v) is 21.9. The molecule has 0 N–H and O–H groups in total. The van der Waals surface area contributed by atoms with E-state index in [1.807, 2.05) is 26.0 Å². The van der Waals surface area contributed by atoms with Crippen molar-refractivity contribution in [1.82, 2.24) is 14.3 Å². The van der Waals surface area contributed by atoms with Crippen LogP contribution in [0, 0.1) is 12.8 Å². The molecule has 0 aliphatic carbocycles. The number of hydrogen-bond acceptors (Lipinski definition) is 8. The van der Waals surface area contributed by atoms with Crippen molar-refractivity contribution >= 4 is 41.8 Å². The van der Waals surface area contributed by atoms with Gasteiger partial charge in [0.15, 0.2) is 0 Å². The average Bonchev–Trinajstić information content (AvgIpc) is 2.84. The Morgan fingerprint density at radius 2 is 1.79 bits per heavy atom. The number of piperidine rings is 1. The number of ether oxygens (including phenoxy) is 1. The molecule has 0 bridgehead atoms. The molecule has 8 nitrogen and oxygen atoms in total. The molecule has 0 saturated carbocycles. The number of hydrogen-bond donors (Lipinski definition) is 0. The SMILES string of the molecule is CCOC(=O)c1cnc(N2CCC(CN(CC)S(=O)(=O)c3ccccc3C)CC2)nc1.P=S. The van der Waals surface area contributed by atoms with Gasteiger partial charge in [0.1, 0.15) is 0 Å². The molecule has 0 unspecified atom stereocenters. The maximum atomic E-state index is 13.1. The third-order valence-electron chi connectivity index (χ3n) is 5.57. The van der Waals surface area contributed by atoms with E-state index in [1.165, 1.54) is 12.4 Å². The van der Waals surface area contributed by atoms with Crippen LogP contribution >= 0.6 is 8.02 Å². The molecule has 1 saturated heterocycles. The van der Waals surface area contributed by atoms with E-state index >= 15 is 0 Å². The highest BCUT2D eigenvalue weighted by Gasteiger charge is 2.29. The van der Waals surface area contributed by atoms with E-state index in [4.69, 9.17) is 4.74 Å². The first-order valence-corrected chi connectivity index (χ1v) is 13.9. The van der Waals surface area contributed by atoms with Crippen LogP contribution in [-0.4, -0.2) is 61.4 Å². The van der Waals surface area contributed by atoms with Gasteiger partial charge >= 0.3 is 5.97 Å². The molecule has 0 spiro atoms. The highest BCUT2D eigenvalue weighted by Crippen LogP contribution is 2.25. The van der Waals surface area contributed by atoms with Gasteiger partial charge in [0, 0.05) is 38.6 Å². The number of aromatic nitrogens is 2. The number of esters is 1. The van der Waals surface area contributed by atoms with Crippen molar-refractivity contribution in [3.05, 3.63) is 47.8 Å². The summed E-state index contributed by atoms with van der Waals surface area (Å²) >= 11 is 3.89. The van der Waals surface area contributed by atoms with Crippen LogP contribution in [0.15, 0.2) is 41.6 Å². The van der Waals surface area contributed by atoms with Crippen LogP contribution in [0.25, 0.3) is 0 Å². The molecule has 0 amide bonds. The molecule has 2 heterocycles. The highest BCUT2D eigenvalue weighted by atomic mass is 32.4. The van der Waals surface area contributed by atoms with Gasteiger partial charge in [-0.15, -0.1) is 0 Å². The second kappa shape index (κ2) is 13.0. The van der Waals surface area contributed by atoms with Gasteiger partial charge in [-0.05, 0) is 52.3 Å². The fraction of sp³-hybridized carbons (Fsp3) is 0.500. The zero-order valence-electron chi connectivity index (χ0n) is 19.2. The van der Waals surface area contributed by atoms with Gasteiger partial charge in [-0.3, -0.25) is 0 Å². The maximum Gasteiger partial charge on any atom is 0.341 e. The maximum absolute atomic E-state index is 13.1. The summed E-state index contributed by atoms with van der Waals surface area (Å²) in [7, 11) is -0.958. The molecule has 33 heavy (non-hydrogen) atoms. The first kappa shape index (κ1) is 27.2. The Kier molecular flexibility index (Phi) is 10.8. The second-order valence-corrected chi connectivity index (χ2v) is 9.55. The molecule has 1 aromatic carbocycles. The van der Waals surface area contributed by atoms with Crippen LogP contribution in [0.1, 0.15) is 42.6 Å². The van der Waals surface area contributed by atoms with E-state index in [-0.39, 0.29) is 5.92 Å². The minimum Gasteiger partial charge on any atom is -0.462 e. The zero-order chi connectivity index (χ0) is 24.4. The molecular weight excluding hydrogens is 479 g/mol. The van der Waals surface area contributed by atoms with Crippen molar-refractivity contribution in [2.75, 3.05) is 37.7 Å². The summed E-state index contributed by atoms with van der Waals surface area (Å²) < 4.78 is 32.8. The van der Waals surface area contributed by atoms with Crippen LogP contribution in [0.5, 0.6) is 0 Å². The van der Waals surface area contributed by atoms with Crippen molar-refractivity contribution in [2.24, 2.45) is 5.92 Å². The fourth-order valence-electron chi connectivity index (χ4n) is 3.79. The largest absolute Gasteiger partial charge is 0.462 e. The van der Waals surface area contributed by atoms with E-state index in [2.05, 4.69) is 34.7 Å². The summed E-state index contributed by atoms with van der Waals surface area (Å²) in [6.45, 7) is 8.19. The molecule has 0 atom stereocenters. The standard InChI is InChI=1S/C22H30N4O4S.HPS/c1-4-26(31(28,29)20-9-7-6-8-17(20)3)16-18-10-12-25(13-11-18)22-23-14-19(15-24-22)21(27)30-5-2;1-2/h6-9,14-15,18H,4-5,10-13,16H2,1-3H3;1H. The molecule has 0 radical (unpaired) electrons. The van der Waals surface area contributed by atoms with E-state index in [9.17, 15) is 13.2 Å². The minimum atomic E-state index is -3.51. The normalized spacial score (nSPS) is 14.5. The summed E-state index contributed by atoms with van der Waals surface area (Å²) in [5, 5.41) is 0. The number of anilines is 1. The minimum absolute atomic E-state index is 0.272. The second-order valence-electron chi connectivity index (χ2n) is 7.64. The summed E-state index contributed by atoms with van der Waals surface area (Å²) in [6.07, 6.45) is 4.67. The molecule has 1 aliphatic heterocycles. The van der Waals surface area contributed by atoms with E-state index < -0.39 is 16.0 Å². The first-order valence-electron chi connectivity index (χ1n) is 10.9. The predicted octanol–water partition coefficient (Wildman–Crippen LogP) is 3.48. The molecule has 180 valence electrons. The smallest absolute Gasteiger partial charge is 0.341 e. The molecule has 1 aliphatic rings. The number of aryl methyl sites for hydroxylation is 1. The van der Waals surface area contributed by atoms with Gasteiger partial charge in [-0.25, -0.2) is 23.2 Å². The molecule has 1 aromatic heterocycles. The Balaban J connectivity index is 0.00000187. The Bertz CT molecular complexity index is 1010. The summed E-state index contributed by atoms with van der Waals surface area (Å²) in [6, 6.07) is 7.11. The van der Waals surface area contributed by atoms with Gasteiger partial charge in [0.2, 0.25) is 16.0 Å². The topological polar surface area (TPSA) is 92.7 Å². The van der Waals surface area contributed by atoms with Crippen molar-refractivity contribution in [3.8, 4) is 0 Å². The number of benzene rings is 1. The van der Waals surface area contributed by atoms with E-state index in [0.717, 1.165) is 31.5 Å². The van der Waals surface area contributed by atoms with Crippen LogP contribution < -0.4 is 4.90 Å². The quantitative estimate of drug-likeness (QED) is 0.394. The molecular formula is C22H31N4O4PS2. The number of rotatable bonds is 8. The number of sulfonamides is 1. The predicted molar refractivity (Wildman–Crippen MR) is 134 cm³/mol. The van der Waals surface area contributed by atoms with Crippen LogP contribution in [0.3, 0.4) is 0 Å². The summed E-state index contributed by atoms with van der Waals surface area (Å²) in [4.78, 5) is 22.8. The number of carbonyl (C=O) groups excluding carboxylic acids is 1. The first-order chi connectivity index (χ1) is 15.9. The van der Waals surface area contributed by atoms with Gasteiger partial charge in [-0.1, -0.05) is 36.9 Å². The Hall–Kier alpha value is -2.00. The van der Waals surface area contributed by atoms with E-state index in [1.54, 1.807) is 23.4 Å². The van der Waals surface area contributed by atoms with E-state index in [0.29, 0.717) is 36.1 Å². The van der Waals surface area contributed by atoms with Gasteiger partial charge in [0.25, 0.3) is 0 Å². The van der Waals surface area contributed by atoms with Crippen molar-refractivity contribution in [2.45, 2.75) is 38.5 Å². The lowest BCUT2D eigenvalue weighted by Crippen LogP contribution is -2.41. The van der Waals surface area contributed by atoms with Crippen molar-refractivity contribution in [3.63, 3.8) is 0 Å². The molecule has 11 heteroatoms. The lowest BCUT2D eigenvalue weighted by atomic mass is 9.97. The molecule has 2 aromatic rings. The van der Waals surface area contributed by atoms with Gasteiger partial charge in [-0.2, -0.15) is 4.31 Å². The lowest BCUT2D eigenvalue weighted by Gasteiger charge is -2.34. The summed E-state index contributed by atoms with van der Waals surface area (Å²) in [5.41, 5.74) is 1.10. The average molecular weight is 511 g/mol. The van der Waals surface area contributed by atoms with Crippen LogP contribution in [0.2, 0.25) is 0 Å². The highest BCUT2D eigenvalue weighted by molar-refractivity contribution is 7.89. The molecule has 1 fully saturated rings. The number of carbonyl (C=O) groups is 1. The molecule has 3 rings (SSSR count). The van der Waals surface area contributed by atoms with Crippen LogP contribution in [-0.2, 0) is 26.6 Å². The van der Waals surface area contributed by atoms with Gasteiger partial charge in [0.05, 0.1) is 17.1 Å². The lowest BCUT2D eigenvalue weighted by molar-refractivity contribution is 0.0525. The number of nitrogens with zero attached hydrogens (tertiary/aromatic N) is 4.